The Balaban J connectivity index is 1.67. The molecule has 1 unspecified atom stereocenters. The molecule has 3 amide bonds. The van der Waals surface area contributed by atoms with E-state index in [9.17, 15) is 14.4 Å². The number of amides is 3. The van der Waals surface area contributed by atoms with E-state index in [0.717, 1.165) is 3.57 Å². The fourth-order valence-electron chi connectivity index (χ4n) is 5.29. The number of carbonyl (C=O) groups excluding carboxylic acids is 3. The van der Waals surface area contributed by atoms with Crippen LogP contribution in [0, 0.1) is 3.57 Å². The lowest BCUT2D eigenvalue weighted by molar-refractivity contribution is -0.132. The molecule has 0 aliphatic carbocycles. The number of piperazine rings is 1. The molecule has 3 aromatic carbocycles. The Hall–Kier alpha value is -2.86. The van der Waals surface area contributed by atoms with Crippen molar-refractivity contribution in [2.45, 2.75) is 19.0 Å². The van der Waals surface area contributed by atoms with Gasteiger partial charge >= 0.3 is 0 Å². The first kappa shape index (κ1) is 28.7. The summed E-state index contributed by atoms with van der Waals surface area (Å²) in [4.78, 5) is 47.2. The number of nitrogens with one attached hydrogen (secondary N) is 1. The van der Waals surface area contributed by atoms with Gasteiger partial charge in [0, 0.05) is 45.5 Å². The predicted octanol–water partition coefficient (Wildman–Crippen LogP) is 4.90. The standard InChI is InChI=1S/C29H28Cl2IN5O3/c1-17(22-8-6-20(31)14-24(22)33)37-27(18-2-4-19(30)5-3-18)29(40)36(16-26(38)35-12-10-34-11-13-35)25-9-7-21(32)15-23(25)28(37)39/h2-9,14-15,17,27,34H,10-13,16,33H2,1H3/t17?,27-/m0/s1. The normalized spacial score (nSPS) is 18.4. The third-order valence-electron chi connectivity index (χ3n) is 7.36. The molecular formula is C29H28Cl2IN5O3. The summed E-state index contributed by atoms with van der Waals surface area (Å²) in [6.07, 6.45) is 0. The Morgan fingerprint density at radius 1 is 1.02 bits per heavy atom. The molecule has 2 aliphatic heterocycles. The van der Waals surface area contributed by atoms with E-state index in [1.54, 1.807) is 64.4 Å². The molecule has 0 aromatic heterocycles. The van der Waals surface area contributed by atoms with E-state index < -0.39 is 18.0 Å². The van der Waals surface area contributed by atoms with Crippen LogP contribution in [0.5, 0.6) is 0 Å². The third kappa shape index (κ3) is 5.65. The fraction of sp³-hybridized carbons (Fsp3) is 0.276. The third-order valence-corrected chi connectivity index (χ3v) is 8.52. The molecule has 2 heterocycles. The Morgan fingerprint density at radius 3 is 2.38 bits per heavy atom. The van der Waals surface area contributed by atoms with Crippen molar-refractivity contribution in [3.05, 3.63) is 91.0 Å². The summed E-state index contributed by atoms with van der Waals surface area (Å²) in [6, 6.07) is 15.6. The van der Waals surface area contributed by atoms with Crippen molar-refractivity contribution in [2.24, 2.45) is 0 Å². The van der Waals surface area contributed by atoms with Gasteiger partial charge in [0.05, 0.1) is 17.3 Å². The highest BCUT2D eigenvalue weighted by Crippen LogP contribution is 2.41. The van der Waals surface area contributed by atoms with Crippen LogP contribution in [0.4, 0.5) is 11.4 Å². The minimum Gasteiger partial charge on any atom is -0.398 e. The number of fused-ring (bicyclic) bond motifs is 1. The Bertz CT molecular complexity index is 1460. The summed E-state index contributed by atoms with van der Waals surface area (Å²) in [7, 11) is 0. The number of nitrogens with zero attached hydrogens (tertiary/aromatic N) is 3. The maximum atomic E-state index is 14.6. The number of carbonyl (C=O) groups is 3. The van der Waals surface area contributed by atoms with E-state index >= 15 is 0 Å². The van der Waals surface area contributed by atoms with Crippen molar-refractivity contribution in [3.63, 3.8) is 0 Å². The van der Waals surface area contributed by atoms with Gasteiger partial charge < -0.3 is 25.8 Å². The fourth-order valence-corrected chi connectivity index (χ4v) is 6.09. The zero-order chi connectivity index (χ0) is 28.6. The topological polar surface area (TPSA) is 99.0 Å². The van der Waals surface area contributed by atoms with Crippen LogP contribution in [0.2, 0.25) is 10.0 Å². The van der Waals surface area contributed by atoms with Gasteiger partial charge in [0.25, 0.3) is 11.8 Å². The van der Waals surface area contributed by atoms with Gasteiger partial charge in [-0.2, -0.15) is 0 Å². The lowest BCUT2D eigenvalue weighted by atomic mass is 9.97. The van der Waals surface area contributed by atoms with Crippen LogP contribution in [0.25, 0.3) is 0 Å². The van der Waals surface area contributed by atoms with Gasteiger partial charge in [0.1, 0.15) is 12.6 Å². The number of nitrogen functional groups attached to an aromatic ring is 1. The van der Waals surface area contributed by atoms with Crippen molar-refractivity contribution in [1.29, 1.82) is 0 Å². The monoisotopic (exact) mass is 691 g/mol. The van der Waals surface area contributed by atoms with Gasteiger partial charge in [-0.1, -0.05) is 41.4 Å². The second-order valence-corrected chi connectivity index (χ2v) is 12.0. The van der Waals surface area contributed by atoms with Gasteiger partial charge in [-0.05, 0) is 83.1 Å². The van der Waals surface area contributed by atoms with Crippen molar-refractivity contribution < 1.29 is 14.4 Å². The quantitative estimate of drug-likeness (QED) is 0.293. The van der Waals surface area contributed by atoms with Gasteiger partial charge in [-0.3, -0.25) is 14.4 Å². The molecule has 5 rings (SSSR count). The highest BCUT2D eigenvalue weighted by atomic mass is 127. The molecule has 0 bridgehead atoms. The maximum Gasteiger partial charge on any atom is 0.257 e. The highest BCUT2D eigenvalue weighted by molar-refractivity contribution is 14.1. The number of nitrogens with two attached hydrogens (primary N) is 1. The molecule has 2 atom stereocenters. The zero-order valence-corrected chi connectivity index (χ0v) is 25.4. The zero-order valence-electron chi connectivity index (χ0n) is 21.7. The van der Waals surface area contributed by atoms with Crippen LogP contribution in [-0.2, 0) is 9.59 Å². The van der Waals surface area contributed by atoms with E-state index in [1.807, 2.05) is 13.0 Å². The Morgan fingerprint density at radius 2 is 1.70 bits per heavy atom. The van der Waals surface area contributed by atoms with Crippen LogP contribution in [-0.4, -0.2) is 60.2 Å². The molecule has 2 aliphatic rings. The number of benzene rings is 3. The largest absolute Gasteiger partial charge is 0.398 e. The molecule has 0 saturated carbocycles. The summed E-state index contributed by atoms with van der Waals surface area (Å²) in [5, 5.41) is 4.21. The number of halogens is 3. The van der Waals surface area contributed by atoms with Crippen LogP contribution < -0.4 is 16.0 Å². The number of rotatable bonds is 5. The summed E-state index contributed by atoms with van der Waals surface area (Å²) >= 11 is 14.5. The molecule has 8 nitrogen and oxygen atoms in total. The van der Waals surface area contributed by atoms with E-state index in [-0.39, 0.29) is 18.4 Å². The van der Waals surface area contributed by atoms with E-state index in [4.69, 9.17) is 28.9 Å². The first-order valence-corrected chi connectivity index (χ1v) is 14.7. The number of hydrogen-bond acceptors (Lipinski definition) is 5. The lowest BCUT2D eigenvalue weighted by Crippen LogP contribution is -2.51. The van der Waals surface area contributed by atoms with Crippen molar-refractivity contribution >= 4 is 74.9 Å². The smallest absolute Gasteiger partial charge is 0.257 e. The van der Waals surface area contributed by atoms with Gasteiger partial charge in [-0.15, -0.1) is 0 Å². The molecule has 1 fully saturated rings. The molecule has 0 spiro atoms. The summed E-state index contributed by atoms with van der Waals surface area (Å²) < 4.78 is 0.828. The van der Waals surface area contributed by atoms with E-state index in [0.29, 0.717) is 64.3 Å². The number of hydrogen-bond donors (Lipinski definition) is 2. The van der Waals surface area contributed by atoms with Gasteiger partial charge in [-0.25, -0.2) is 0 Å². The summed E-state index contributed by atoms with van der Waals surface area (Å²) in [6.45, 7) is 4.14. The summed E-state index contributed by atoms with van der Waals surface area (Å²) in [5.41, 5.74) is 8.73. The predicted molar refractivity (Wildman–Crippen MR) is 166 cm³/mol. The van der Waals surface area contributed by atoms with Crippen molar-refractivity contribution in [1.82, 2.24) is 15.1 Å². The Kier molecular flexibility index (Phi) is 8.55. The van der Waals surface area contributed by atoms with Crippen LogP contribution in [0.15, 0.2) is 60.7 Å². The minimum absolute atomic E-state index is 0.176. The van der Waals surface area contributed by atoms with Crippen molar-refractivity contribution in [3.8, 4) is 0 Å². The van der Waals surface area contributed by atoms with Gasteiger partial charge in [0.15, 0.2) is 0 Å². The first-order chi connectivity index (χ1) is 19.2. The minimum atomic E-state index is -1.05. The molecule has 3 N–H and O–H groups in total. The van der Waals surface area contributed by atoms with Crippen molar-refractivity contribution in [2.75, 3.05) is 43.4 Å². The lowest BCUT2D eigenvalue weighted by Gasteiger charge is -2.36. The van der Waals surface area contributed by atoms with Crippen LogP contribution >= 0.6 is 45.8 Å². The highest BCUT2D eigenvalue weighted by Gasteiger charge is 2.44. The molecule has 208 valence electrons. The van der Waals surface area contributed by atoms with E-state index in [2.05, 4.69) is 27.9 Å². The number of anilines is 2. The second-order valence-electron chi connectivity index (χ2n) is 9.83. The van der Waals surface area contributed by atoms with Gasteiger partial charge in [0.2, 0.25) is 5.91 Å². The molecule has 1 saturated heterocycles. The molecule has 0 radical (unpaired) electrons. The first-order valence-electron chi connectivity index (χ1n) is 12.9. The van der Waals surface area contributed by atoms with Crippen LogP contribution in [0.3, 0.4) is 0 Å². The molecule has 40 heavy (non-hydrogen) atoms. The second kappa shape index (κ2) is 11.9. The van der Waals surface area contributed by atoms with E-state index in [1.165, 1.54) is 4.90 Å². The molecule has 3 aromatic rings. The Labute approximate surface area is 256 Å². The van der Waals surface area contributed by atoms with Crippen LogP contribution in [0.1, 0.15) is 40.5 Å². The maximum absolute atomic E-state index is 14.6. The SMILES string of the molecule is CC(c1ccc(Cl)cc1N)N1C(=O)c2cc(I)ccc2N(CC(=O)N2CCNCC2)C(=O)[C@@H]1c1ccc(Cl)cc1. The molecule has 11 heteroatoms. The molecular weight excluding hydrogens is 664 g/mol. The average Bonchev–Trinajstić information content (AvgIpc) is 3.02. The average molecular weight is 692 g/mol. The summed E-state index contributed by atoms with van der Waals surface area (Å²) in [5.74, 6) is -0.913.